The lowest BCUT2D eigenvalue weighted by Gasteiger charge is -2.28. The largest absolute Gasteiger partial charge is 0.549 e. The van der Waals surface area contributed by atoms with Gasteiger partial charge in [-0.05, 0) is 18.6 Å². The second-order valence-corrected chi connectivity index (χ2v) is 4.14. The molecule has 0 radical (unpaired) electrons. The fraction of sp³-hybridized carbons (Fsp3) is 0.385. The van der Waals surface area contributed by atoms with Crippen LogP contribution in [0.4, 0.5) is 0 Å². The van der Waals surface area contributed by atoms with Gasteiger partial charge in [0.15, 0.2) is 0 Å². The Bertz CT molecular complexity index is 399. The lowest BCUT2D eigenvalue weighted by atomic mass is 9.89. The minimum Gasteiger partial charge on any atom is -0.549 e. The summed E-state index contributed by atoms with van der Waals surface area (Å²) in [6.45, 7) is 3.03. The van der Waals surface area contributed by atoms with Gasteiger partial charge in [0.1, 0.15) is 6.61 Å². The van der Waals surface area contributed by atoms with Gasteiger partial charge in [-0.1, -0.05) is 32.0 Å². The Labute approximate surface area is 100 Å². The van der Waals surface area contributed by atoms with Crippen molar-refractivity contribution in [2.75, 3.05) is 6.61 Å². The van der Waals surface area contributed by atoms with Gasteiger partial charge in [0.2, 0.25) is 0 Å². The number of rotatable bonds is 5. The fourth-order valence-electron chi connectivity index (χ4n) is 1.19. The number of esters is 1. The predicted octanol–water partition coefficient (Wildman–Crippen LogP) is 1.01. The molecule has 0 amide bonds. The minimum atomic E-state index is -1.21. The molecule has 0 aromatic heterocycles. The van der Waals surface area contributed by atoms with Gasteiger partial charge in [0, 0.05) is 5.41 Å². The van der Waals surface area contributed by atoms with E-state index in [1.54, 1.807) is 37.3 Å². The Morgan fingerprint density at radius 2 is 1.88 bits per heavy atom. The number of ether oxygens (including phenoxy) is 1. The maximum absolute atomic E-state index is 11.6. The smallest absolute Gasteiger partial charge is 0.338 e. The standard InChI is InChI=1S/C13H16O4/c1-3-13(2,12(15)16)9-17-11(14)10-7-5-4-6-8-10/h4-8H,3,9H2,1-2H3,(H,15,16)/p-1. The van der Waals surface area contributed by atoms with Crippen molar-refractivity contribution in [1.29, 1.82) is 0 Å². The van der Waals surface area contributed by atoms with E-state index in [2.05, 4.69) is 0 Å². The molecule has 0 N–H and O–H groups in total. The van der Waals surface area contributed by atoms with E-state index in [1.807, 2.05) is 0 Å². The Balaban J connectivity index is 2.63. The zero-order chi connectivity index (χ0) is 12.9. The van der Waals surface area contributed by atoms with Crippen LogP contribution in [0.15, 0.2) is 30.3 Å². The van der Waals surface area contributed by atoms with Gasteiger partial charge in [-0.2, -0.15) is 0 Å². The third-order valence-electron chi connectivity index (χ3n) is 2.80. The second-order valence-electron chi connectivity index (χ2n) is 4.14. The highest BCUT2D eigenvalue weighted by atomic mass is 16.5. The summed E-state index contributed by atoms with van der Waals surface area (Å²) in [5.74, 6) is -1.73. The zero-order valence-electron chi connectivity index (χ0n) is 9.93. The van der Waals surface area contributed by atoms with Crippen molar-refractivity contribution >= 4 is 11.9 Å². The Morgan fingerprint density at radius 1 is 1.29 bits per heavy atom. The number of hydrogen-bond donors (Lipinski definition) is 0. The van der Waals surface area contributed by atoms with E-state index in [1.165, 1.54) is 6.92 Å². The van der Waals surface area contributed by atoms with Crippen molar-refractivity contribution < 1.29 is 19.4 Å². The molecule has 1 rings (SSSR count). The summed E-state index contributed by atoms with van der Waals surface area (Å²) in [7, 11) is 0. The third kappa shape index (κ3) is 3.31. The van der Waals surface area contributed by atoms with Gasteiger partial charge in [0.05, 0.1) is 11.5 Å². The van der Waals surface area contributed by atoms with E-state index in [0.717, 1.165) is 0 Å². The molecule has 4 nitrogen and oxygen atoms in total. The molecule has 0 aliphatic rings. The molecule has 0 saturated carbocycles. The number of carbonyl (C=O) groups excluding carboxylic acids is 2. The molecule has 1 atom stereocenters. The maximum Gasteiger partial charge on any atom is 0.338 e. The molecule has 0 aliphatic heterocycles. The average molecular weight is 235 g/mol. The first kappa shape index (κ1) is 13.2. The summed E-state index contributed by atoms with van der Waals surface area (Å²) >= 11 is 0. The highest BCUT2D eigenvalue weighted by molar-refractivity contribution is 5.89. The van der Waals surface area contributed by atoms with E-state index < -0.39 is 17.4 Å². The SMILES string of the molecule is CCC(C)(COC(=O)c1ccccc1)C(=O)[O-]. The van der Waals surface area contributed by atoms with Crippen LogP contribution in [0, 0.1) is 5.41 Å². The van der Waals surface area contributed by atoms with Gasteiger partial charge < -0.3 is 14.6 Å². The van der Waals surface area contributed by atoms with Gasteiger partial charge in [-0.3, -0.25) is 0 Å². The number of benzene rings is 1. The molecule has 1 aromatic rings. The van der Waals surface area contributed by atoms with Crippen molar-refractivity contribution in [1.82, 2.24) is 0 Å². The Morgan fingerprint density at radius 3 is 2.35 bits per heavy atom. The van der Waals surface area contributed by atoms with E-state index in [0.29, 0.717) is 12.0 Å². The van der Waals surface area contributed by atoms with Crippen LogP contribution in [0.25, 0.3) is 0 Å². The molecule has 0 aliphatic carbocycles. The third-order valence-corrected chi connectivity index (χ3v) is 2.80. The number of hydrogen-bond acceptors (Lipinski definition) is 4. The summed E-state index contributed by atoms with van der Waals surface area (Å²) in [6, 6.07) is 8.45. The molecule has 0 saturated heterocycles. The van der Waals surface area contributed by atoms with Crippen molar-refractivity contribution in [2.45, 2.75) is 20.3 Å². The monoisotopic (exact) mass is 235 g/mol. The Kier molecular flexibility index (Phi) is 4.26. The highest BCUT2D eigenvalue weighted by Crippen LogP contribution is 2.21. The van der Waals surface area contributed by atoms with Crippen LogP contribution >= 0.6 is 0 Å². The summed E-state index contributed by atoms with van der Waals surface area (Å²) in [4.78, 5) is 22.5. The second kappa shape index (κ2) is 5.48. The van der Waals surface area contributed by atoms with Crippen molar-refractivity contribution in [3.8, 4) is 0 Å². The molecule has 92 valence electrons. The predicted molar refractivity (Wildman–Crippen MR) is 60.1 cm³/mol. The lowest BCUT2D eigenvalue weighted by Crippen LogP contribution is -2.43. The number of carboxylic acids is 1. The first-order chi connectivity index (χ1) is 7.99. The summed E-state index contributed by atoms with van der Waals surface area (Å²) < 4.78 is 4.99. The molecule has 0 spiro atoms. The topological polar surface area (TPSA) is 66.4 Å². The van der Waals surface area contributed by atoms with Crippen LogP contribution in [0.1, 0.15) is 30.6 Å². The van der Waals surface area contributed by atoms with Gasteiger partial charge >= 0.3 is 5.97 Å². The summed E-state index contributed by atoms with van der Waals surface area (Å²) in [6.07, 6.45) is 0.345. The number of aliphatic carboxylic acids is 1. The van der Waals surface area contributed by atoms with Crippen molar-refractivity contribution in [3.05, 3.63) is 35.9 Å². The molecule has 1 unspecified atom stereocenters. The van der Waals surface area contributed by atoms with Crippen LogP contribution in [0.5, 0.6) is 0 Å². The normalized spacial score (nSPS) is 13.8. The molecule has 17 heavy (non-hydrogen) atoms. The fourth-order valence-corrected chi connectivity index (χ4v) is 1.19. The van der Waals surface area contributed by atoms with Crippen molar-refractivity contribution in [2.24, 2.45) is 5.41 Å². The highest BCUT2D eigenvalue weighted by Gasteiger charge is 2.26. The summed E-state index contributed by atoms with van der Waals surface area (Å²) in [5, 5.41) is 10.9. The maximum atomic E-state index is 11.6. The van der Waals surface area contributed by atoms with Crippen LogP contribution in [-0.4, -0.2) is 18.5 Å². The lowest BCUT2D eigenvalue weighted by molar-refractivity contribution is -0.319. The first-order valence-electron chi connectivity index (χ1n) is 5.43. The van der Waals surface area contributed by atoms with E-state index >= 15 is 0 Å². The molecule has 1 aromatic carbocycles. The Hall–Kier alpha value is -1.84. The molecule has 0 heterocycles. The minimum absolute atomic E-state index is 0.181. The van der Waals surface area contributed by atoms with Gasteiger partial charge in [-0.15, -0.1) is 0 Å². The quantitative estimate of drug-likeness (QED) is 0.714. The molecule has 0 fully saturated rings. The van der Waals surface area contributed by atoms with Crippen LogP contribution < -0.4 is 5.11 Å². The number of carbonyl (C=O) groups is 2. The molecular weight excluding hydrogens is 220 g/mol. The van der Waals surface area contributed by atoms with E-state index in [4.69, 9.17) is 4.74 Å². The number of carboxylic acid groups (broad SMARTS) is 1. The molecule has 0 bridgehead atoms. The van der Waals surface area contributed by atoms with Crippen LogP contribution in [0.2, 0.25) is 0 Å². The summed E-state index contributed by atoms with van der Waals surface area (Å²) in [5.41, 5.74) is -0.728. The van der Waals surface area contributed by atoms with E-state index in [-0.39, 0.29) is 6.61 Å². The molecule has 4 heteroatoms. The first-order valence-corrected chi connectivity index (χ1v) is 5.43. The average Bonchev–Trinajstić information content (AvgIpc) is 2.36. The van der Waals surface area contributed by atoms with Crippen molar-refractivity contribution in [3.63, 3.8) is 0 Å². The van der Waals surface area contributed by atoms with Crippen LogP contribution in [-0.2, 0) is 9.53 Å². The zero-order valence-corrected chi connectivity index (χ0v) is 9.93. The van der Waals surface area contributed by atoms with Gasteiger partial charge in [0.25, 0.3) is 0 Å². The van der Waals surface area contributed by atoms with Gasteiger partial charge in [-0.25, -0.2) is 4.79 Å². The van der Waals surface area contributed by atoms with E-state index in [9.17, 15) is 14.7 Å². The molecular formula is C13H15O4-. The van der Waals surface area contributed by atoms with Crippen LogP contribution in [0.3, 0.4) is 0 Å².